The van der Waals surface area contributed by atoms with Crippen LogP contribution in [0.25, 0.3) is 0 Å². The van der Waals surface area contributed by atoms with Gasteiger partial charge in [-0.05, 0) is 31.6 Å². The van der Waals surface area contributed by atoms with E-state index in [1.54, 1.807) is 0 Å². The predicted molar refractivity (Wildman–Crippen MR) is 127 cm³/mol. The minimum absolute atomic E-state index is 0.0229. The van der Waals surface area contributed by atoms with Crippen molar-refractivity contribution in [3.63, 3.8) is 0 Å². The average molecular weight is 462 g/mol. The van der Waals surface area contributed by atoms with Gasteiger partial charge in [0.05, 0.1) is 6.61 Å². The van der Waals surface area contributed by atoms with Gasteiger partial charge in [0.25, 0.3) is 0 Å². The van der Waals surface area contributed by atoms with Gasteiger partial charge in [-0.15, -0.1) is 0 Å². The standard InChI is InChI=1S/C25H49BrO2/c1-3-5-7-9-11-15-19-24(20-16-12-10-8-6-4-2)23-28-25(27)21-17-13-14-18-22-26/h24H,3-23H2,1-2H3. The number of carbonyl (C=O) groups is 1. The summed E-state index contributed by atoms with van der Waals surface area (Å²) in [5.41, 5.74) is 0. The van der Waals surface area contributed by atoms with Crippen LogP contribution in [0.2, 0.25) is 0 Å². The van der Waals surface area contributed by atoms with Gasteiger partial charge < -0.3 is 4.74 Å². The normalized spacial score (nSPS) is 11.3. The third-order valence-electron chi connectivity index (χ3n) is 5.68. The zero-order valence-electron chi connectivity index (χ0n) is 19.1. The molecule has 0 radical (unpaired) electrons. The van der Waals surface area contributed by atoms with Crippen molar-refractivity contribution in [1.82, 2.24) is 0 Å². The van der Waals surface area contributed by atoms with E-state index in [4.69, 9.17) is 4.74 Å². The van der Waals surface area contributed by atoms with Gasteiger partial charge in [-0.3, -0.25) is 4.79 Å². The van der Waals surface area contributed by atoms with Crippen LogP contribution >= 0.6 is 15.9 Å². The number of halogens is 1. The van der Waals surface area contributed by atoms with Crippen LogP contribution in [0.5, 0.6) is 0 Å². The summed E-state index contributed by atoms with van der Waals surface area (Å²) >= 11 is 3.46. The number of unbranched alkanes of at least 4 members (excludes halogenated alkanes) is 13. The van der Waals surface area contributed by atoms with Crippen molar-refractivity contribution < 1.29 is 9.53 Å². The molecule has 0 rings (SSSR count). The summed E-state index contributed by atoms with van der Waals surface area (Å²) in [6.45, 7) is 5.20. The Kier molecular flexibility index (Phi) is 23.2. The van der Waals surface area contributed by atoms with E-state index in [9.17, 15) is 4.79 Å². The molecular formula is C25H49BrO2. The largest absolute Gasteiger partial charge is 0.465 e. The Morgan fingerprint density at radius 1 is 0.679 bits per heavy atom. The highest BCUT2D eigenvalue weighted by Gasteiger charge is 2.12. The molecule has 0 aliphatic heterocycles. The number of ether oxygens (including phenoxy) is 1. The number of hydrogen-bond donors (Lipinski definition) is 0. The highest BCUT2D eigenvalue weighted by atomic mass is 79.9. The minimum atomic E-state index is 0.0229. The Balaban J connectivity index is 3.97. The van der Waals surface area contributed by atoms with Crippen LogP contribution in [0.15, 0.2) is 0 Å². The summed E-state index contributed by atoms with van der Waals surface area (Å²) in [7, 11) is 0. The molecule has 0 aromatic heterocycles. The first-order valence-corrected chi connectivity index (χ1v) is 13.6. The van der Waals surface area contributed by atoms with Gasteiger partial charge >= 0.3 is 5.97 Å². The number of rotatable bonds is 22. The van der Waals surface area contributed by atoms with Crippen molar-refractivity contribution in [3.05, 3.63) is 0 Å². The highest BCUT2D eigenvalue weighted by molar-refractivity contribution is 9.09. The molecule has 0 amide bonds. The number of hydrogen-bond acceptors (Lipinski definition) is 2. The minimum Gasteiger partial charge on any atom is -0.465 e. The van der Waals surface area contributed by atoms with E-state index in [1.807, 2.05) is 0 Å². The molecule has 0 aromatic rings. The molecule has 28 heavy (non-hydrogen) atoms. The third kappa shape index (κ3) is 20.7. The molecule has 0 aliphatic rings. The molecule has 0 aromatic carbocycles. The van der Waals surface area contributed by atoms with Gasteiger partial charge in [0.1, 0.15) is 0 Å². The van der Waals surface area contributed by atoms with Crippen LogP contribution in [0.4, 0.5) is 0 Å². The lowest BCUT2D eigenvalue weighted by molar-refractivity contribution is -0.145. The summed E-state index contributed by atoms with van der Waals surface area (Å²) in [5.74, 6) is 0.601. The first kappa shape index (κ1) is 27.9. The Hall–Kier alpha value is -0.0500. The molecule has 0 aliphatic carbocycles. The molecule has 0 saturated heterocycles. The molecule has 2 nitrogen and oxygen atoms in total. The summed E-state index contributed by atoms with van der Waals surface area (Å²) in [5, 5.41) is 1.07. The molecule has 0 heterocycles. The molecule has 0 fully saturated rings. The summed E-state index contributed by atoms with van der Waals surface area (Å²) in [6.07, 6.45) is 23.7. The van der Waals surface area contributed by atoms with E-state index in [0.717, 1.165) is 18.2 Å². The quantitative estimate of drug-likeness (QED) is 0.0913. The van der Waals surface area contributed by atoms with Crippen molar-refractivity contribution in [1.29, 1.82) is 0 Å². The van der Waals surface area contributed by atoms with Crippen LogP contribution in [0, 0.1) is 5.92 Å². The van der Waals surface area contributed by atoms with Crippen molar-refractivity contribution in [3.8, 4) is 0 Å². The maximum atomic E-state index is 12.0. The van der Waals surface area contributed by atoms with Crippen molar-refractivity contribution >= 4 is 21.9 Å². The lowest BCUT2D eigenvalue weighted by Crippen LogP contribution is -2.14. The van der Waals surface area contributed by atoms with E-state index < -0.39 is 0 Å². The van der Waals surface area contributed by atoms with Gasteiger partial charge in [0, 0.05) is 11.8 Å². The molecule has 0 saturated carbocycles. The molecule has 168 valence electrons. The maximum Gasteiger partial charge on any atom is 0.305 e. The smallest absolute Gasteiger partial charge is 0.305 e. The fraction of sp³-hybridized carbons (Fsp3) is 0.960. The van der Waals surface area contributed by atoms with Crippen molar-refractivity contribution in [2.24, 2.45) is 5.92 Å². The van der Waals surface area contributed by atoms with Gasteiger partial charge in [0.2, 0.25) is 0 Å². The van der Waals surface area contributed by atoms with Gasteiger partial charge in [-0.2, -0.15) is 0 Å². The Labute approximate surface area is 185 Å². The van der Waals surface area contributed by atoms with Crippen molar-refractivity contribution in [2.45, 2.75) is 136 Å². The van der Waals surface area contributed by atoms with Crippen LogP contribution < -0.4 is 0 Å². The lowest BCUT2D eigenvalue weighted by Gasteiger charge is -2.17. The molecule has 0 bridgehead atoms. The number of alkyl halides is 1. The van der Waals surface area contributed by atoms with Crippen LogP contribution in [0.3, 0.4) is 0 Å². The first-order chi connectivity index (χ1) is 13.7. The number of carbonyl (C=O) groups excluding carboxylic acids is 1. The SMILES string of the molecule is CCCCCCCCC(CCCCCCCC)COC(=O)CCCCCCBr. The average Bonchev–Trinajstić information content (AvgIpc) is 2.70. The summed E-state index contributed by atoms with van der Waals surface area (Å²) < 4.78 is 5.65. The van der Waals surface area contributed by atoms with Crippen LogP contribution in [-0.4, -0.2) is 17.9 Å². The molecule has 0 spiro atoms. The van der Waals surface area contributed by atoms with Gasteiger partial charge in [-0.1, -0.05) is 120 Å². The van der Waals surface area contributed by atoms with Crippen LogP contribution in [-0.2, 0) is 9.53 Å². The van der Waals surface area contributed by atoms with E-state index in [0.29, 0.717) is 18.9 Å². The Morgan fingerprint density at radius 2 is 1.14 bits per heavy atom. The fourth-order valence-electron chi connectivity index (χ4n) is 3.74. The van der Waals surface area contributed by atoms with Crippen molar-refractivity contribution in [2.75, 3.05) is 11.9 Å². The second-order valence-corrected chi connectivity index (χ2v) is 9.31. The lowest BCUT2D eigenvalue weighted by atomic mass is 9.94. The van der Waals surface area contributed by atoms with E-state index in [1.165, 1.54) is 103 Å². The molecule has 3 heteroatoms. The monoisotopic (exact) mass is 460 g/mol. The summed E-state index contributed by atoms with van der Waals surface area (Å²) in [6, 6.07) is 0. The van der Waals surface area contributed by atoms with E-state index in [-0.39, 0.29) is 5.97 Å². The fourth-order valence-corrected chi connectivity index (χ4v) is 4.13. The zero-order valence-corrected chi connectivity index (χ0v) is 20.7. The highest BCUT2D eigenvalue weighted by Crippen LogP contribution is 2.20. The number of esters is 1. The molecular weight excluding hydrogens is 412 g/mol. The summed E-state index contributed by atoms with van der Waals surface area (Å²) in [4.78, 5) is 12.0. The first-order valence-electron chi connectivity index (χ1n) is 12.5. The zero-order chi connectivity index (χ0) is 20.7. The topological polar surface area (TPSA) is 26.3 Å². The molecule has 0 unspecified atom stereocenters. The molecule has 0 N–H and O–H groups in total. The molecule has 0 atom stereocenters. The predicted octanol–water partition coefficient (Wildman–Crippen LogP) is 8.99. The van der Waals surface area contributed by atoms with Crippen LogP contribution in [0.1, 0.15) is 136 Å². The maximum absolute atomic E-state index is 12.0. The second-order valence-electron chi connectivity index (χ2n) is 8.52. The third-order valence-corrected chi connectivity index (χ3v) is 6.24. The van der Waals surface area contributed by atoms with Gasteiger partial charge in [-0.25, -0.2) is 0 Å². The Morgan fingerprint density at radius 3 is 1.68 bits per heavy atom. The second kappa shape index (κ2) is 23.2. The van der Waals surface area contributed by atoms with Gasteiger partial charge in [0.15, 0.2) is 0 Å². The van der Waals surface area contributed by atoms with E-state index >= 15 is 0 Å². The van der Waals surface area contributed by atoms with E-state index in [2.05, 4.69) is 29.8 Å². The Bertz CT molecular complexity index is 304.